The van der Waals surface area contributed by atoms with E-state index in [4.69, 9.17) is 5.73 Å². The third kappa shape index (κ3) is 7.33. The Hall–Kier alpha value is -2.12. The molecule has 2 aromatic rings. The van der Waals surface area contributed by atoms with Crippen LogP contribution in [0.3, 0.4) is 0 Å². The Labute approximate surface area is 184 Å². The van der Waals surface area contributed by atoms with Gasteiger partial charge in [-0.3, -0.25) is 9.59 Å². The third-order valence-corrected chi connectivity index (χ3v) is 4.77. The Kier molecular flexibility index (Phi) is 10.7. The molecule has 0 aliphatic carbocycles. The van der Waals surface area contributed by atoms with Gasteiger partial charge >= 0.3 is 0 Å². The fourth-order valence-corrected chi connectivity index (χ4v) is 3.14. The van der Waals surface area contributed by atoms with Gasteiger partial charge in [0.1, 0.15) is 0 Å². The lowest BCUT2D eigenvalue weighted by Gasteiger charge is -2.14. The van der Waals surface area contributed by atoms with Crippen molar-refractivity contribution in [3.8, 4) is 0 Å². The number of carbonyl (C=O) groups is 2. The Bertz CT molecular complexity index is 776. The van der Waals surface area contributed by atoms with E-state index in [9.17, 15) is 9.59 Å². The maximum Gasteiger partial charge on any atom is 0.255 e. The van der Waals surface area contributed by atoms with E-state index >= 15 is 0 Å². The predicted octanol–water partition coefficient (Wildman–Crippen LogP) is 3.07. The lowest BCUT2D eigenvalue weighted by molar-refractivity contribution is 0.0949. The molecule has 1 saturated heterocycles. The molecule has 1 fully saturated rings. The molecule has 0 spiro atoms. The van der Waals surface area contributed by atoms with Crippen LogP contribution in [0, 0.1) is 0 Å². The predicted molar refractivity (Wildman–Crippen MR) is 121 cm³/mol. The van der Waals surface area contributed by atoms with Gasteiger partial charge < -0.3 is 21.3 Å². The second kappa shape index (κ2) is 12.4. The number of anilines is 1. The van der Waals surface area contributed by atoms with E-state index in [1.54, 1.807) is 36.4 Å². The van der Waals surface area contributed by atoms with Gasteiger partial charge in [-0.1, -0.05) is 12.1 Å². The van der Waals surface area contributed by atoms with Crippen LogP contribution in [-0.4, -0.2) is 42.9 Å². The number of nitrogens with zero attached hydrogens (tertiary/aromatic N) is 1. The van der Waals surface area contributed by atoms with Gasteiger partial charge in [0.05, 0.1) is 0 Å². The highest BCUT2D eigenvalue weighted by Crippen LogP contribution is 2.12. The van der Waals surface area contributed by atoms with Gasteiger partial charge in [-0.15, -0.1) is 24.8 Å². The van der Waals surface area contributed by atoms with Gasteiger partial charge in [0.2, 0.25) is 0 Å². The molecule has 0 radical (unpaired) electrons. The maximum absolute atomic E-state index is 12.3. The fraction of sp³-hybridized carbons (Fsp3) is 0.333. The number of benzene rings is 2. The Morgan fingerprint density at radius 1 is 0.862 bits per heavy atom. The Morgan fingerprint density at radius 3 is 2.00 bits per heavy atom. The molecule has 0 bridgehead atoms. The van der Waals surface area contributed by atoms with Crippen LogP contribution < -0.4 is 16.4 Å². The largest absolute Gasteiger partial charge is 0.351 e. The molecule has 1 aliphatic rings. The van der Waals surface area contributed by atoms with Crippen LogP contribution in [0.2, 0.25) is 0 Å². The molecule has 0 saturated carbocycles. The number of carbonyl (C=O) groups excluding carboxylic acids is 2. The van der Waals surface area contributed by atoms with Crippen LogP contribution in [0.15, 0.2) is 48.5 Å². The second-order valence-electron chi connectivity index (χ2n) is 6.74. The molecule has 2 amide bonds. The quantitative estimate of drug-likeness (QED) is 0.619. The average molecular weight is 439 g/mol. The van der Waals surface area contributed by atoms with Crippen LogP contribution in [-0.2, 0) is 6.54 Å². The molecule has 3 rings (SSSR count). The van der Waals surface area contributed by atoms with Crippen molar-refractivity contribution < 1.29 is 9.59 Å². The summed E-state index contributed by atoms with van der Waals surface area (Å²) in [6, 6.07) is 14.1. The molecule has 0 unspecified atom stereocenters. The molecule has 0 aromatic heterocycles. The lowest BCUT2D eigenvalue weighted by atomic mass is 10.1. The van der Waals surface area contributed by atoms with Gasteiger partial charge in [-0.05, 0) is 67.9 Å². The molecular weight excluding hydrogens is 411 g/mol. The van der Waals surface area contributed by atoms with Gasteiger partial charge in [0, 0.05) is 36.4 Å². The number of likely N-dealkylation sites (tertiary alicyclic amines) is 1. The SMILES string of the molecule is Cl.Cl.NCc1ccc(C(=O)Nc2ccc(C(=O)NCCN3CCCC3)cc2)cc1. The highest BCUT2D eigenvalue weighted by atomic mass is 35.5. The highest BCUT2D eigenvalue weighted by Gasteiger charge is 2.12. The molecular formula is C21H28Cl2N4O2. The Morgan fingerprint density at radius 2 is 1.41 bits per heavy atom. The topological polar surface area (TPSA) is 87.5 Å². The zero-order chi connectivity index (χ0) is 19.1. The second-order valence-corrected chi connectivity index (χ2v) is 6.74. The van der Waals surface area contributed by atoms with Crippen molar-refractivity contribution in [1.29, 1.82) is 0 Å². The van der Waals surface area contributed by atoms with E-state index in [0.29, 0.717) is 29.9 Å². The van der Waals surface area contributed by atoms with Crippen LogP contribution in [0.4, 0.5) is 5.69 Å². The molecule has 2 aromatic carbocycles. The normalized spacial score (nSPS) is 13.1. The third-order valence-electron chi connectivity index (χ3n) is 4.77. The zero-order valence-corrected chi connectivity index (χ0v) is 17.9. The van der Waals surface area contributed by atoms with E-state index < -0.39 is 0 Å². The molecule has 158 valence electrons. The first-order valence-corrected chi connectivity index (χ1v) is 9.37. The van der Waals surface area contributed by atoms with E-state index in [0.717, 1.165) is 25.2 Å². The van der Waals surface area contributed by atoms with Crippen molar-refractivity contribution in [2.45, 2.75) is 19.4 Å². The van der Waals surface area contributed by atoms with Crippen molar-refractivity contribution in [2.75, 3.05) is 31.5 Å². The maximum atomic E-state index is 12.3. The highest BCUT2D eigenvalue weighted by molar-refractivity contribution is 6.04. The summed E-state index contributed by atoms with van der Waals surface area (Å²) in [6.07, 6.45) is 2.50. The average Bonchev–Trinajstić information content (AvgIpc) is 3.22. The number of amides is 2. The van der Waals surface area contributed by atoms with Gasteiger partial charge in [-0.25, -0.2) is 0 Å². The van der Waals surface area contributed by atoms with Crippen molar-refractivity contribution in [3.05, 3.63) is 65.2 Å². The van der Waals surface area contributed by atoms with Crippen molar-refractivity contribution in [1.82, 2.24) is 10.2 Å². The number of hydrogen-bond donors (Lipinski definition) is 3. The van der Waals surface area contributed by atoms with Gasteiger partial charge in [-0.2, -0.15) is 0 Å². The summed E-state index contributed by atoms with van der Waals surface area (Å²) < 4.78 is 0. The molecule has 0 atom stereocenters. The Balaban J connectivity index is 0.00000210. The zero-order valence-electron chi connectivity index (χ0n) is 16.2. The summed E-state index contributed by atoms with van der Waals surface area (Å²) in [5.74, 6) is -0.286. The summed E-state index contributed by atoms with van der Waals surface area (Å²) >= 11 is 0. The molecule has 1 aliphatic heterocycles. The molecule has 8 heteroatoms. The van der Waals surface area contributed by atoms with Crippen molar-refractivity contribution in [3.63, 3.8) is 0 Å². The van der Waals surface area contributed by atoms with E-state index in [2.05, 4.69) is 15.5 Å². The van der Waals surface area contributed by atoms with E-state index in [1.807, 2.05) is 12.1 Å². The minimum atomic E-state index is -0.193. The first-order valence-electron chi connectivity index (χ1n) is 9.37. The number of rotatable bonds is 7. The van der Waals surface area contributed by atoms with Gasteiger partial charge in [0.15, 0.2) is 0 Å². The minimum Gasteiger partial charge on any atom is -0.351 e. The standard InChI is InChI=1S/C21H26N4O2.2ClH/c22-15-16-3-5-18(6-4-16)21(27)24-19-9-7-17(8-10-19)20(26)23-11-14-25-12-1-2-13-25;;/h3-10H,1-2,11-15,22H2,(H,23,26)(H,24,27);2*1H. The lowest BCUT2D eigenvalue weighted by Crippen LogP contribution is -2.33. The molecule has 1 heterocycles. The van der Waals surface area contributed by atoms with E-state index in [-0.39, 0.29) is 36.6 Å². The fourth-order valence-electron chi connectivity index (χ4n) is 3.14. The van der Waals surface area contributed by atoms with Crippen LogP contribution in [0.5, 0.6) is 0 Å². The molecule has 29 heavy (non-hydrogen) atoms. The monoisotopic (exact) mass is 438 g/mol. The number of nitrogens with one attached hydrogen (secondary N) is 2. The summed E-state index contributed by atoms with van der Waals surface area (Å²) in [6.45, 7) is 4.24. The van der Waals surface area contributed by atoms with Crippen molar-refractivity contribution >= 4 is 42.3 Å². The van der Waals surface area contributed by atoms with Crippen molar-refractivity contribution in [2.24, 2.45) is 5.73 Å². The first kappa shape index (κ1) is 24.9. The number of halogens is 2. The molecule has 4 N–H and O–H groups in total. The number of nitrogens with two attached hydrogens (primary N) is 1. The number of hydrogen-bond acceptors (Lipinski definition) is 4. The van der Waals surface area contributed by atoms with Crippen LogP contribution >= 0.6 is 24.8 Å². The van der Waals surface area contributed by atoms with Crippen LogP contribution in [0.1, 0.15) is 39.1 Å². The smallest absolute Gasteiger partial charge is 0.255 e. The minimum absolute atomic E-state index is 0. The molecule has 6 nitrogen and oxygen atoms in total. The van der Waals surface area contributed by atoms with E-state index in [1.165, 1.54) is 12.8 Å². The summed E-state index contributed by atoms with van der Waals surface area (Å²) in [5.41, 5.74) is 8.34. The summed E-state index contributed by atoms with van der Waals surface area (Å²) in [5, 5.41) is 5.78. The first-order chi connectivity index (χ1) is 13.2. The van der Waals surface area contributed by atoms with Crippen LogP contribution in [0.25, 0.3) is 0 Å². The summed E-state index contributed by atoms with van der Waals surface area (Å²) in [4.78, 5) is 26.8. The van der Waals surface area contributed by atoms with Gasteiger partial charge in [0.25, 0.3) is 11.8 Å². The summed E-state index contributed by atoms with van der Waals surface area (Å²) in [7, 11) is 0.